The molecule has 1 aromatic rings. The number of hydrogen-bond acceptors (Lipinski definition) is 4. The number of carbonyl (C=O) groups excluding carboxylic acids is 2. The maximum Gasteiger partial charge on any atom is 0.323 e. The number of hydrogen-bond donors (Lipinski definition) is 1. The molecule has 0 heterocycles. The van der Waals surface area contributed by atoms with E-state index in [4.69, 9.17) is 4.74 Å². The highest BCUT2D eigenvalue weighted by atomic mass is 16.5. The van der Waals surface area contributed by atoms with Crippen molar-refractivity contribution in [3.05, 3.63) is 35.4 Å². The third-order valence-electron chi connectivity index (χ3n) is 3.05. The Bertz CT molecular complexity index is 455. The molecule has 0 saturated heterocycles. The molecular formula is C15H22N2O3. The predicted molar refractivity (Wildman–Crippen MR) is 77.6 cm³/mol. The molecule has 0 saturated carbocycles. The number of esters is 1. The lowest BCUT2D eigenvalue weighted by atomic mass is 10.0. The third kappa shape index (κ3) is 4.35. The van der Waals surface area contributed by atoms with Crippen molar-refractivity contribution in [2.75, 3.05) is 27.7 Å². The molecule has 1 atom stereocenters. The van der Waals surface area contributed by atoms with Crippen LogP contribution in [0, 0.1) is 0 Å². The molecule has 5 heteroatoms. The van der Waals surface area contributed by atoms with Gasteiger partial charge in [0.1, 0.15) is 6.04 Å². The van der Waals surface area contributed by atoms with E-state index in [-0.39, 0.29) is 17.9 Å². The number of nitrogens with one attached hydrogen (secondary N) is 1. The van der Waals surface area contributed by atoms with Crippen molar-refractivity contribution < 1.29 is 14.3 Å². The van der Waals surface area contributed by atoms with Crippen molar-refractivity contribution in [2.45, 2.75) is 19.4 Å². The zero-order valence-electron chi connectivity index (χ0n) is 12.5. The first-order chi connectivity index (χ1) is 9.49. The molecule has 5 nitrogen and oxygen atoms in total. The molecule has 1 N–H and O–H groups in total. The summed E-state index contributed by atoms with van der Waals surface area (Å²) in [4.78, 5) is 25.2. The lowest BCUT2D eigenvalue weighted by molar-refractivity contribution is -0.148. The lowest BCUT2D eigenvalue weighted by Crippen LogP contribution is -2.39. The third-order valence-corrected chi connectivity index (χ3v) is 3.05. The SMILES string of the molecule is CCOC(=O)C(Cc1ccc(C(=O)NC)cc1)N(C)C. The van der Waals surface area contributed by atoms with Crippen LogP contribution in [-0.2, 0) is 16.0 Å². The second-order valence-corrected chi connectivity index (χ2v) is 4.71. The normalized spacial score (nSPS) is 12.1. The topological polar surface area (TPSA) is 58.6 Å². The standard InChI is InChI=1S/C15H22N2O3/c1-5-20-15(19)13(17(3)4)10-11-6-8-12(9-7-11)14(18)16-2/h6-9,13H,5,10H2,1-4H3,(H,16,18). The Morgan fingerprint density at radius 2 is 1.85 bits per heavy atom. The molecule has 110 valence electrons. The molecule has 1 rings (SSSR count). The summed E-state index contributed by atoms with van der Waals surface area (Å²) < 4.78 is 5.07. The summed E-state index contributed by atoms with van der Waals surface area (Å²) >= 11 is 0. The van der Waals surface area contributed by atoms with Gasteiger partial charge in [-0.15, -0.1) is 0 Å². The van der Waals surface area contributed by atoms with Crippen LogP contribution in [0.1, 0.15) is 22.8 Å². The summed E-state index contributed by atoms with van der Waals surface area (Å²) in [7, 11) is 5.29. The summed E-state index contributed by atoms with van der Waals surface area (Å²) in [5.74, 6) is -0.348. The fourth-order valence-corrected chi connectivity index (χ4v) is 1.87. The van der Waals surface area contributed by atoms with E-state index >= 15 is 0 Å². The van der Waals surface area contributed by atoms with Crippen molar-refractivity contribution >= 4 is 11.9 Å². The van der Waals surface area contributed by atoms with Crippen molar-refractivity contribution in [1.82, 2.24) is 10.2 Å². The quantitative estimate of drug-likeness (QED) is 0.791. The first-order valence-corrected chi connectivity index (χ1v) is 6.63. The number of amides is 1. The first-order valence-electron chi connectivity index (χ1n) is 6.63. The van der Waals surface area contributed by atoms with E-state index in [1.54, 1.807) is 26.1 Å². The molecule has 1 amide bonds. The smallest absolute Gasteiger partial charge is 0.323 e. The van der Waals surface area contributed by atoms with Gasteiger partial charge in [-0.25, -0.2) is 0 Å². The van der Waals surface area contributed by atoms with Crippen LogP contribution in [0.5, 0.6) is 0 Å². The van der Waals surface area contributed by atoms with E-state index in [9.17, 15) is 9.59 Å². The van der Waals surface area contributed by atoms with Gasteiger partial charge in [-0.05, 0) is 45.1 Å². The monoisotopic (exact) mass is 278 g/mol. The van der Waals surface area contributed by atoms with Gasteiger partial charge in [0.15, 0.2) is 0 Å². The molecular weight excluding hydrogens is 256 g/mol. The number of likely N-dealkylation sites (N-methyl/N-ethyl adjacent to an activating group) is 1. The van der Waals surface area contributed by atoms with Gasteiger partial charge in [0.25, 0.3) is 5.91 Å². The average molecular weight is 278 g/mol. The number of benzene rings is 1. The van der Waals surface area contributed by atoms with Crippen molar-refractivity contribution in [1.29, 1.82) is 0 Å². The molecule has 0 bridgehead atoms. The fraction of sp³-hybridized carbons (Fsp3) is 0.467. The van der Waals surface area contributed by atoms with E-state index < -0.39 is 0 Å². The summed E-state index contributed by atoms with van der Waals surface area (Å²) in [5, 5.41) is 2.57. The minimum Gasteiger partial charge on any atom is -0.465 e. The largest absolute Gasteiger partial charge is 0.465 e. The maximum absolute atomic E-state index is 11.9. The zero-order chi connectivity index (χ0) is 15.1. The van der Waals surface area contributed by atoms with Crippen molar-refractivity contribution in [3.8, 4) is 0 Å². The van der Waals surface area contributed by atoms with Gasteiger partial charge in [0.2, 0.25) is 0 Å². The van der Waals surface area contributed by atoms with Crippen LogP contribution in [0.4, 0.5) is 0 Å². The van der Waals surface area contributed by atoms with Gasteiger partial charge in [-0.3, -0.25) is 14.5 Å². The molecule has 1 unspecified atom stereocenters. The minimum atomic E-state index is -0.319. The van der Waals surface area contributed by atoms with Crippen LogP contribution in [0.3, 0.4) is 0 Å². The van der Waals surface area contributed by atoms with Gasteiger partial charge in [-0.1, -0.05) is 12.1 Å². The minimum absolute atomic E-state index is 0.119. The van der Waals surface area contributed by atoms with Crippen molar-refractivity contribution in [3.63, 3.8) is 0 Å². The molecule has 20 heavy (non-hydrogen) atoms. The van der Waals surface area contributed by atoms with Gasteiger partial charge >= 0.3 is 5.97 Å². The Kier molecular flexibility index (Phi) is 6.18. The Labute approximate surface area is 119 Å². The predicted octanol–water partition coefficient (Wildman–Crippen LogP) is 1.08. The molecule has 1 aromatic carbocycles. The Morgan fingerprint density at radius 1 is 1.25 bits per heavy atom. The van der Waals surface area contributed by atoms with Crippen LogP contribution in [0.15, 0.2) is 24.3 Å². The fourth-order valence-electron chi connectivity index (χ4n) is 1.87. The molecule has 0 aliphatic heterocycles. The van der Waals surface area contributed by atoms with E-state index in [2.05, 4.69) is 5.32 Å². The number of carbonyl (C=O) groups is 2. The Balaban J connectivity index is 2.79. The Morgan fingerprint density at radius 3 is 2.30 bits per heavy atom. The molecule has 0 spiro atoms. The number of nitrogens with zero attached hydrogens (tertiary/aromatic N) is 1. The molecule has 0 aliphatic carbocycles. The summed E-state index contributed by atoms with van der Waals surface area (Å²) in [6.45, 7) is 2.17. The van der Waals surface area contributed by atoms with Crippen LogP contribution in [0.25, 0.3) is 0 Å². The Hall–Kier alpha value is -1.88. The van der Waals surface area contributed by atoms with E-state index in [0.29, 0.717) is 18.6 Å². The van der Waals surface area contributed by atoms with Crippen LogP contribution >= 0.6 is 0 Å². The molecule has 0 aromatic heterocycles. The zero-order valence-corrected chi connectivity index (χ0v) is 12.5. The second kappa shape index (κ2) is 7.65. The highest BCUT2D eigenvalue weighted by Crippen LogP contribution is 2.10. The van der Waals surface area contributed by atoms with Crippen LogP contribution in [-0.4, -0.2) is 50.6 Å². The number of rotatable bonds is 6. The van der Waals surface area contributed by atoms with Crippen LogP contribution < -0.4 is 5.32 Å². The molecule has 0 radical (unpaired) electrons. The van der Waals surface area contributed by atoms with Gasteiger partial charge in [-0.2, -0.15) is 0 Å². The first kappa shape index (κ1) is 16.2. The second-order valence-electron chi connectivity index (χ2n) is 4.71. The summed E-state index contributed by atoms with van der Waals surface area (Å²) in [5.41, 5.74) is 1.60. The number of ether oxygens (including phenoxy) is 1. The molecule has 0 fully saturated rings. The average Bonchev–Trinajstić information content (AvgIpc) is 2.44. The summed E-state index contributed by atoms with van der Waals surface area (Å²) in [6, 6.07) is 6.92. The van der Waals surface area contributed by atoms with Gasteiger partial charge in [0, 0.05) is 12.6 Å². The molecule has 0 aliphatic rings. The van der Waals surface area contributed by atoms with E-state index in [1.807, 2.05) is 31.1 Å². The van der Waals surface area contributed by atoms with Gasteiger partial charge < -0.3 is 10.1 Å². The highest BCUT2D eigenvalue weighted by Gasteiger charge is 2.22. The maximum atomic E-state index is 11.9. The van der Waals surface area contributed by atoms with Crippen molar-refractivity contribution in [2.24, 2.45) is 0 Å². The highest BCUT2D eigenvalue weighted by molar-refractivity contribution is 5.93. The summed E-state index contributed by atoms with van der Waals surface area (Å²) in [6.07, 6.45) is 0.555. The van der Waals surface area contributed by atoms with Crippen LogP contribution in [0.2, 0.25) is 0 Å². The lowest BCUT2D eigenvalue weighted by Gasteiger charge is -2.22. The van der Waals surface area contributed by atoms with E-state index in [1.165, 1.54) is 0 Å². The van der Waals surface area contributed by atoms with Gasteiger partial charge in [0.05, 0.1) is 6.61 Å². The van der Waals surface area contributed by atoms with E-state index in [0.717, 1.165) is 5.56 Å².